The summed E-state index contributed by atoms with van der Waals surface area (Å²) < 4.78 is 20.8. The van der Waals surface area contributed by atoms with Crippen molar-refractivity contribution >= 4 is 5.91 Å². The Kier molecular flexibility index (Phi) is 5.03. The maximum absolute atomic E-state index is 13.7. The van der Waals surface area contributed by atoms with Crippen LogP contribution in [0.4, 0.5) is 4.39 Å². The van der Waals surface area contributed by atoms with Crippen LogP contribution in [0.2, 0.25) is 0 Å². The molecule has 0 unspecified atom stereocenters. The number of amides is 1. The first kappa shape index (κ1) is 16.6. The predicted octanol–water partition coefficient (Wildman–Crippen LogP) is 2.44. The van der Waals surface area contributed by atoms with Crippen molar-refractivity contribution in [3.63, 3.8) is 0 Å². The number of halogens is 1. The van der Waals surface area contributed by atoms with Crippen molar-refractivity contribution in [3.05, 3.63) is 72.6 Å². The summed E-state index contributed by atoms with van der Waals surface area (Å²) >= 11 is 0. The third kappa shape index (κ3) is 4.20. The third-order valence-corrected chi connectivity index (χ3v) is 3.65. The van der Waals surface area contributed by atoms with Crippen molar-refractivity contribution in [2.75, 3.05) is 13.7 Å². The molecule has 0 N–H and O–H groups in total. The molecule has 6 nitrogen and oxygen atoms in total. The molecule has 0 aliphatic heterocycles. The molecule has 0 saturated heterocycles. The summed E-state index contributed by atoms with van der Waals surface area (Å²) in [6, 6.07) is 13.6. The molecule has 2 aromatic carbocycles. The lowest BCUT2D eigenvalue weighted by molar-refractivity contribution is -0.132. The SMILES string of the molecule is CN(Cc1ccccc1F)C(=O)COc1cccc(-n2cncn2)c1. The average molecular weight is 340 g/mol. The summed E-state index contributed by atoms with van der Waals surface area (Å²) in [6.45, 7) is 0.0552. The molecule has 0 fully saturated rings. The van der Waals surface area contributed by atoms with E-state index in [9.17, 15) is 9.18 Å². The van der Waals surface area contributed by atoms with E-state index < -0.39 is 0 Å². The fourth-order valence-corrected chi connectivity index (χ4v) is 2.28. The van der Waals surface area contributed by atoms with E-state index in [1.807, 2.05) is 6.07 Å². The van der Waals surface area contributed by atoms with Gasteiger partial charge in [-0.05, 0) is 18.2 Å². The van der Waals surface area contributed by atoms with E-state index in [1.54, 1.807) is 54.5 Å². The lowest BCUT2D eigenvalue weighted by Gasteiger charge is -2.18. The molecule has 0 saturated carbocycles. The minimum absolute atomic E-state index is 0.133. The van der Waals surface area contributed by atoms with Crippen LogP contribution in [0.1, 0.15) is 5.56 Å². The highest BCUT2D eigenvalue weighted by Gasteiger charge is 2.12. The molecule has 7 heteroatoms. The van der Waals surface area contributed by atoms with Crippen molar-refractivity contribution in [3.8, 4) is 11.4 Å². The Hall–Kier alpha value is -3.22. The quantitative estimate of drug-likeness (QED) is 0.691. The zero-order valence-electron chi connectivity index (χ0n) is 13.7. The van der Waals surface area contributed by atoms with Gasteiger partial charge >= 0.3 is 0 Å². The summed E-state index contributed by atoms with van der Waals surface area (Å²) in [4.78, 5) is 17.5. The molecule has 0 aliphatic rings. The largest absolute Gasteiger partial charge is 0.484 e. The van der Waals surface area contributed by atoms with E-state index in [0.29, 0.717) is 11.3 Å². The minimum Gasteiger partial charge on any atom is -0.484 e. The first-order valence-corrected chi connectivity index (χ1v) is 7.69. The lowest BCUT2D eigenvalue weighted by atomic mass is 10.2. The summed E-state index contributed by atoms with van der Waals surface area (Å²) in [5.41, 5.74) is 1.24. The van der Waals surface area contributed by atoms with E-state index >= 15 is 0 Å². The highest BCUT2D eigenvalue weighted by Crippen LogP contribution is 2.16. The zero-order valence-corrected chi connectivity index (χ0v) is 13.7. The number of hydrogen-bond acceptors (Lipinski definition) is 4. The lowest BCUT2D eigenvalue weighted by Crippen LogP contribution is -2.31. The molecule has 0 atom stereocenters. The van der Waals surface area contributed by atoms with E-state index in [1.165, 1.54) is 17.3 Å². The molecule has 25 heavy (non-hydrogen) atoms. The molecule has 3 rings (SSSR count). The van der Waals surface area contributed by atoms with Gasteiger partial charge in [-0.1, -0.05) is 24.3 Å². The van der Waals surface area contributed by atoms with Gasteiger partial charge in [-0.25, -0.2) is 14.1 Å². The number of carbonyl (C=O) groups is 1. The highest BCUT2D eigenvalue weighted by molar-refractivity contribution is 5.77. The zero-order chi connectivity index (χ0) is 17.6. The van der Waals surface area contributed by atoms with E-state index in [0.717, 1.165) is 5.69 Å². The van der Waals surface area contributed by atoms with Gasteiger partial charge in [-0.2, -0.15) is 5.10 Å². The van der Waals surface area contributed by atoms with Crippen LogP contribution in [-0.2, 0) is 11.3 Å². The van der Waals surface area contributed by atoms with E-state index in [2.05, 4.69) is 10.1 Å². The minimum atomic E-state index is -0.330. The Morgan fingerprint density at radius 1 is 1.24 bits per heavy atom. The van der Waals surface area contributed by atoms with Gasteiger partial charge in [0.25, 0.3) is 5.91 Å². The maximum Gasteiger partial charge on any atom is 0.260 e. The van der Waals surface area contributed by atoms with Crippen LogP contribution < -0.4 is 4.74 Å². The number of rotatable bonds is 6. The summed E-state index contributed by atoms with van der Waals surface area (Å²) in [6.07, 6.45) is 3.02. The van der Waals surface area contributed by atoms with Crippen LogP contribution >= 0.6 is 0 Å². The molecule has 1 heterocycles. The number of benzene rings is 2. The fraction of sp³-hybridized carbons (Fsp3) is 0.167. The molecule has 3 aromatic rings. The molecular formula is C18H17FN4O2. The fourth-order valence-electron chi connectivity index (χ4n) is 2.28. The predicted molar refractivity (Wildman–Crippen MR) is 89.7 cm³/mol. The smallest absolute Gasteiger partial charge is 0.260 e. The molecule has 0 bridgehead atoms. The van der Waals surface area contributed by atoms with Crippen molar-refractivity contribution in [1.82, 2.24) is 19.7 Å². The van der Waals surface area contributed by atoms with E-state index in [-0.39, 0.29) is 24.9 Å². The molecule has 0 spiro atoms. The van der Waals surface area contributed by atoms with Gasteiger partial charge in [0.1, 0.15) is 24.2 Å². The van der Waals surface area contributed by atoms with Crippen LogP contribution in [0.25, 0.3) is 5.69 Å². The van der Waals surface area contributed by atoms with Crippen molar-refractivity contribution in [2.45, 2.75) is 6.54 Å². The molecular weight excluding hydrogens is 323 g/mol. The van der Waals surface area contributed by atoms with Gasteiger partial charge in [0.05, 0.1) is 5.69 Å². The number of nitrogens with zero attached hydrogens (tertiary/aromatic N) is 4. The Labute approximate surface area is 144 Å². The van der Waals surface area contributed by atoms with E-state index in [4.69, 9.17) is 4.74 Å². The van der Waals surface area contributed by atoms with Gasteiger partial charge in [0.15, 0.2) is 6.61 Å². The maximum atomic E-state index is 13.7. The van der Waals surface area contributed by atoms with Crippen LogP contribution in [0.5, 0.6) is 5.75 Å². The summed E-state index contributed by atoms with van der Waals surface area (Å²) in [5, 5.41) is 4.05. The van der Waals surface area contributed by atoms with Gasteiger partial charge in [-0.15, -0.1) is 0 Å². The Balaban J connectivity index is 1.59. The summed E-state index contributed by atoms with van der Waals surface area (Å²) in [7, 11) is 1.62. The second kappa shape index (κ2) is 7.57. The average Bonchev–Trinajstić information content (AvgIpc) is 3.16. The van der Waals surface area contributed by atoms with Crippen LogP contribution in [0, 0.1) is 5.82 Å². The molecule has 1 amide bonds. The normalized spacial score (nSPS) is 10.5. The van der Waals surface area contributed by atoms with Gasteiger partial charge < -0.3 is 9.64 Å². The van der Waals surface area contributed by atoms with Gasteiger partial charge in [0, 0.05) is 25.2 Å². The second-order valence-electron chi connectivity index (χ2n) is 5.47. The second-order valence-corrected chi connectivity index (χ2v) is 5.47. The Morgan fingerprint density at radius 2 is 2.08 bits per heavy atom. The Bertz CT molecular complexity index is 852. The van der Waals surface area contributed by atoms with Crippen molar-refractivity contribution < 1.29 is 13.9 Å². The number of hydrogen-bond donors (Lipinski definition) is 0. The topological polar surface area (TPSA) is 60.2 Å². The van der Waals surface area contributed by atoms with Crippen LogP contribution in [-0.4, -0.2) is 39.2 Å². The number of aromatic nitrogens is 3. The number of likely N-dealkylation sites (N-methyl/N-ethyl adjacent to an activating group) is 1. The number of ether oxygens (including phenoxy) is 1. The van der Waals surface area contributed by atoms with Crippen molar-refractivity contribution in [1.29, 1.82) is 0 Å². The van der Waals surface area contributed by atoms with Gasteiger partial charge in [0.2, 0.25) is 0 Å². The van der Waals surface area contributed by atoms with Crippen LogP contribution in [0.15, 0.2) is 61.2 Å². The first-order valence-electron chi connectivity index (χ1n) is 7.69. The van der Waals surface area contributed by atoms with Gasteiger partial charge in [-0.3, -0.25) is 4.79 Å². The summed E-state index contributed by atoms with van der Waals surface area (Å²) in [5.74, 6) is -0.0290. The van der Waals surface area contributed by atoms with Crippen molar-refractivity contribution in [2.24, 2.45) is 0 Å². The Morgan fingerprint density at radius 3 is 2.84 bits per heavy atom. The highest BCUT2D eigenvalue weighted by atomic mass is 19.1. The standard InChI is InChI=1S/C18H17FN4O2/c1-22(10-14-5-2-3-8-17(14)19)18(24)11-25-16-7-4-6-15(9-16)23-13-20-12-21-23/h2-9,12-13H,10-11H2,1H3. The molecule has 0 radical (unpaired) electrons. The molecule has 1 aromatic heterocycles. The monoisotopic (exact) mass is 340 g/mol. The number of carbonyl (C=O) groups excluding carboxylic acids is 1. The molecule has 128 valence electrons. The van der Waals surface area contributed by atoms with Crippen LogP contribution in [0.3, 0.4) is 0 Å². The molecule has 0 aliphatic carbocycles. The third-order valence-electron chi connectivity index (χ3n) is 3.65. The first-order chi connectivity index (χ1) is 12.1.